The average Bonchev–Trinajstić information content (AvgIpc) is 2.54. The number of hydrogen-bond acceptors (Lipinski definition) is 1. The molecule has 2 unspecified atom stereocenters. The number of carbonyl (C=O) groups is 1. The molecule has 92 valence electrons. The van der Waals surface area contributed by atoms with Crippen molar-refractivity contribution in [1.29, 1.82) is 0 Å². The minimum Gasteiger partial charge on any atom is -0.339 e. The number of halogens is 2. The summed E-state index contributed by atoms with van der Waals surface area (Å²) in [5.41, 5.74) is 0. The number of carbonyl (C=O) groups excluding carboxylic acids is 1. The molecule has 2 nitrogen and oxygen atoms in total. The Kier molecular flexibility index (Phi) is 3.17. The Morgan fingerprint density at radius 1 is 1.25 bits per heavy atom. The van der Waals surface area contributed by atoms with Crippen molar-refractivity contribution in [1.82, 2.24) is 4.90 Å². The Bertz CT molecular complexity index is 276. The molecule has 0 bridgehead atoms. The summed E-state index contributed by atoms with van der Waals surface area (Å²) in [4.78, 5) is 13.5. The van der Waals surface area contributed by atoms with E-state index in [1.54, 1.807) is 4.90 Å². The van der Waals surface area contributed by atoms with Crippen LogP contribution in [0.2, 0.25) is 0 Å². The highest BCUT2D eigenvalue weighted by molar-refractivity contribution is 5.80. The van der Waals surface area contributed by atoms with Crippen molar-refractivity contribution in [3.05, 3.63) is 0 Å². The minimum absolute atomic E-state index is 0.0419. The van der Waals surface area contributed by atoms with Gasteiger partial charge in [0.2, 0.25) is 5.91 Å². The largest absolute Gasteiger partial charge is 0.339 e. The zero-order valence-corrected chi connectivity index (χ0v) is 9.83. The fourth-order valence-electron chi connectivity index (χ4n) is 2.61. The Hall–Kier alpha value is -0.670. The third-order valence-corrected chi connectivity index (χ3v) is 3.89. The van der Waals surface area contributed by atoms with Crippen molar-refractivity contribution in [3.8, 4) is 0 Å². The van der Waals surface area contributed by atoms with Gasteiger partial charge >= 0.3 is 0 Å². The first-order chi connectivity index (χ1) is 7.49. The molecule has 1 aliphatic heterocycles. The molecule has 2 rings (SSSR count). The highest BCUT2D eigenvalue weighted by Crippen LogP contribution is 2.34. The lowest BCUT2D eigenvalue weighted by atomic mass is 9.82. The fraction of sp³-hybridized carbons (Fsp3) is 0.917. The van der Waals surface area contributed by atoms with Gasteiger partial charge < -0.3 is 4.90 Å². The average molecular weight is 231 g/mol. The van der Waals surface area contributed by atoms with E-state index >= 15 is 0 Å². The monoisotopic (exact) mass is 231 g/mol. The van der Waals surface area contributed by atoms with Crippen LogP contribution in [0.3, 0.4) is 0 Å². The topological polar surface area (TPSA) is 20.3 Å². The van der Waals surface area contributed by atoms with E-state index < -0.39 is 12.3 Å². The highest BCUT2D eigenvalue weighted by Gasteiger charge is 2.42. The standard InChI is InChI=1S/C12H19F2NO/c1-7(2)10-5-15(6-11(10)14)12(16)8-3-9(13)4-8/h7-11H,3-6H2,1-2H3. The molecular weight excluding hydrogens is 212 g/mol. The van der Waals surface area contributed by atoms with Crippen molar-refractivity contribution < 1.29 is 13.6 Å². The SMILES string of the molecule is CC(C)C1CN(C(=O)C2CC(F)C2)CC1F. The molecule has 1 aliphatic carbocycles. The number of rotatable bonds is 2. The van der Waals surface area contributed by atoms with E-state index in [1.165, 1.54) is 0 Å². The number of nitrogens with zero attached hydrogens (tertiary/aromatic N) is 1. The molecule has 0 aromatic carbocycles. The molecule has 0 aromatic rings. The van der Waals surface area contributed by atoms with Crippen LogP contribution in [0.5, 0.6) is 0 Å². The Morgan fingerprint density at radius 3 is 2.31 bits per heavy atom. The van der Waals surface area contributed by atoms with Crippen LogP contribution in [-0.4, -0.2) is 36.2 Å². The molecule has 0 aromatic heterocycles. The molecule has 1 saturated carbocycles. The van der Waals surface area contributed by atoms with Gasteiger partial charge in [-0.05, 0) is 18.8 Å². The maximum Gasteiger partial charge on any atom is 0.226 e. The first-order valence-electron chi connectivity index (χ1n) is 6.06. The van der Waals surface area contributed by atoms with Gasteiger partial charge in [0, 0.05) is 18.4 Å². The van der Waals surface area contributed by atoms with Crippen molar-refractivity contribution in [2.75, 3.05) is 13.1 Å². The molecule has 4 heteroatoms. The Labute approximate surface area is 95.0 Å². The van der Waals surface area contributed by atoms with E-state index in [-0.39, 0.29) is 30.2 Å². The van der Waals surface area contributed by atoms with Crippen LogP contribution >= 0.6 is 0 Å². The lowest BCUT2D eigenvalue weighted by molar-refractivity contribution is -0.139. The smallest absolute Gasteiger partial charge is 0.226 e. The molecule has 0 spiro atoms. The van der Waals surface area contributed by atoms with Crippen molar-refractivity contribution in [3.63, 3.8) is 0 Å². The summed E-state index contributed by atoms with van der Waals surface area (Å²) in [6.07, 6.45) is -1.07. The molecule has 1 heterocycles. The van der Waals surface area contributed by atoms with Crippen molar-refractivity contribution in [2.45, 2.75) is 39.0 Å². The van der Waals surface area contributed by atoms with E-state index in [2.05, 4.69) is 0 Å². The fourth-order valence-corrected chi connectivity index (χ4v) is 2.61. The maximum atomic E-state index is 13.6. The second kappa shape index (κ2) is 4.30. The number of likely N-dealkylation sites (tertiary alicyclic amines) is 1. The molecule has 0 radical (unpaired) electrons. The first kappa shape index (κ1) is 11.8. The van der Waals surface area contributed by atoms with E-state index in [9.17, 15) is 13.6 Å². The van der Waals surface area contributed by atoms with Gasteiger partial charge in [0.15, 0.2) is 0 Å². The van der Waals surface area contributed by atoms with E-state index in [1.807, 2.05) is 13.8 Å². The van der Waals surface area contributed by atoms with Gasteiger partial charge in [0.25, 0.3) is 0 Å². The molecule has 2 fully saturated rings. The summed E-state index contributed by atoms with van der Waals surface area (Å²) in [5.74, 6) is -0.0267. The van der Waals surface area contributed by atoms with Crippen LogP contribution in [0.4, 0.5) is 8.78 Å². The summed E-state index contributed by atoms with van der Waals surface area (Å²) in [6.45, 7) is 4.67. The normalized spacial score (nSPS) is 38.9. The third kappa shape index (κ3) is 2.06. The maximum absolute atomic E-state index is 13.6. The van der Waals surface area contributed by atoms with Crippen LogP contribution in [0.15, 0.2) is 0 Å². The van der Waals surface area contributed by atoms with Crippen LogP contribution in [0, 0.1) is 17.8 Å². The number of hydrogen-bond donors (Lipinski definition) is 0. The van der Waals surface area contributed by atoms with E-state index in [4.69, 9.17) is 0 Å². The first-order valence-corrected chi connectivity index (χ1v) is 6.06. The van der Waals surface area contributed by atoms with Crippen molar-refractivity contribution in [2.24, 2.45) is 17.8 Å². The second-order valence-electron chi connectivity index (χ2n) is 5.43. The van der Waals surface area contributed by atoms with E-state index in [0.717, 1.165) is 0 Å². The lowest BCUT2D eigenvalue weighted by Crippen LogP contribution is -2.41. The van der Waals surface area contributed by atoms with Crippen LogP contribution < -0.4 is 0 Å². The van der Waals surface area contributed by atoms with Crippen LogP contribution in [-0.2, 0) is 4.79 Å². The third-order valence-electron chi connectivity index (χ3n) is 3.89. The van der Waals surface area contributed by atoms with Crippen molar-refractivity contribution >= 4 is 5.91 Å². The predicted molar refractivity (Wildman–Crippen MR) is 57.4 cm³/mol. The van der Waals surface area contributed by atoms with Gasteiger partial charge in [0.1, 0.15) is 12.3 Å². The summed E-state index contributed by atoms with van der Waals surface area (Å²) >= 11 is 0. The summed E-state index contributed by atoms with van der Waals surface area (Å²) in [5, 5.41) is 0. The van der Waals surface area contributed by atoms with Gasteiger partial charge in [0.05, 0.1) is 6.54 Å². The summed E-state index contributed by atoms with van der Waals surface area (Å²) < 4.78 is 26.3. The zero-order chi connectivity index (χ0) is 11.9. The molecule has 1 amide bonds. The number of alkyl halides is 2. The van der Waals surface area contributed by atoms with Gasteiger partial charge in [-0.1, -0.05) is 13.8 Å². The zero-order valence-electron chi connectivity index (χ0n) is 9.83. The molecule has 1 saturated heterocycles. The Balaban J connectivity index is 1.90. The van der Waals surface area contributed by atoms with Gasteiger partial charge in [-0.15, -0.1) is 0 Å². The molecule has 2 aliphatic rings. The summed E-state index contributed by atoms with van der Waals surface area (Å²) in [7, 11) is 0. The quantitative estimate of drug-likeness (QED) is 0.713. The number of amides is 1. The van der Waals surface area contributed by atoms with Gasteiger partial charge in [-0.3, -0.25) is 4.79 Å². The second-order valence-corrected chi connectivity index (χ2v) is 5.43. The molecular formula is C12H19F2NO. The lowest BCUT2D eigenvalue weighted by Gasteiger charge is -2.32. The predicted octanol–water partition coefficient (Wildman–Crippen LogP) is 2.19. The van der Waals surface area contributed by atoms with E-state index in [0.29, 0.717) is 19.4 Å². The van der Waals surface area contributed by atoms with Crippen LogP contribution in [0.25, 0.3) is 0 Å². The highest BCUT2D eigenvalue weighted by atomic mass is 19.1. The molecule has 0 N–H and O–H groups in total. The Morgan fingerprint density at radius 2 is 1.88 bits per heavy atom. The van der Waals surface area contributed by atoms with Crippen LogP contribution in [0.1, 0.15) is 26.7 Å². The van der Waals surface area contributed by atoms with Gasteiger partial charge in [-0.2, -0.15) is 0 Å². The molecule has 16 heavy (non-hydrogen) atoms. The minimum atomic E-state index is -0.912. The molecule has 2 atom stereocenters. The summed E-state index contributed by atoms with van der Waals surface area (Å²) in [6, 6.07) is 0. The van der Waals surface area contributed by atoms with Gasteiger partial charge in [-0.25, -0.2) is 8.78 Å².